The molecule has 0 atom stereocenters. The van der Waals surface area contributed by atoms with Crippen LogP contribution in [0, 0.1) is 0 Å². The second kappa shape index (κ2) is 9.93. The fourth-order valence-electron chi connectivity index (χ4n) is 4.26. The van der Waals surface area contributed by atoms with Crippen molar-refractivity contribution in [3.8, 4) is 22.8 Å². The van der Waals surface area contributed by atoms with Crippen molar-refractivity contribution in [2.75, 3.05) is 13.1 Å². The van der Waals surface area contributed by atoms with Crippen molar-refractivity contribution in [3.63, 3.8) is 0 Å². The first-order valence-electron chi connectivity index (χ1n) is 11.5. The maximum absolute atomic E-state index is 12.9. The molecule has 1 fully saturated rings. The van der Waals surface area contributed by atoms with Gasteiger partial charge in [0.25, 0.3) is 0 Å². The molecule has 6 nitrogen and oxygen atoms in total. The van der Waals surface area contributed by atoms with Crippen molar-refractivity contribution in [1.82, 2.24) is 14.6 Å². The Morgan fingerprint density at radius 3 is 2.18 bits per heavy atom. The number of benzene rings is 3. The molecule has 4 aromatic rings. The van der Waals surface area contributed by atoms with E-state index in [9.17, 15) is 8.42 Å². The van der Waals surface area contributed by atoms with Crippen LogP contribution in [0.2, 0.25) is 0 Å². The number of hydrogen-bond donors (Lipinski definition) is 1. The highest BCUT2D eigenvalue weighted by atomic mass is 32.2. The van der Waals surface area contributed by atoms with Gasteiger partial charge in [0, 0.05) is 36.8 Å². The molecule has 1 aromatic heterocycles. The molecule has 0 bridgehead atoms. The highest BCUT2D eigenvalue weighted by Gasteiger charge is 2.25. The Labute approximate surface area is 200 Å². The van der Waals surface area contributed by atoms with Gasteiger partial charge in [0.1, 0.15) is 0 Å². The molecule has 174 valence electrons. The molecule has 1 aliphatic heterocycles. The highest BCUT2D eigenvalue weighted by molar-refractivity contribution is 7.89. The molecule has 34 heavy (non-hydrogen) atoms. The summed E-state index contributed by atoms with van der Waals surface area (Å²) in [5.74, 6) is 1.13. The molecule has 0 amide bonds. The first kappa shape index (κ1) is 22.5. The predicted molar refractivity (Wildman–Crippen MR) is 132 cm³/mol. The molecule has 0 saturated carbocycles. The van der Waals surface area contributed by atoms with Gasteiger partial charge in [-0.3, -0.25) is 4.90 Å². The Bertz CT molecular complexity index is 1310. The van der Waals surface area contributed by atoms with Gasteiger partial charge >= 0.3 is 0 Å². The molecule has 0 radical (unpaired) electrons. The second-order valence-corrected chi connectivity index (χ2v) is 10.3. The van der Waals surface area contributed by atoms with Crippen molar-refractivity contribution < 1.29 is 12.8 Å². The number of nitrogens with zero attached hydrogens (tertiary/aromatic N) is 2. The standard InChI is InChI=1S/C27H27N3O3S/c31-34(32,29-24-15-17-30(18-16-24)20-21-7-3-1-4-8-21)25-13-11-23(12-14-25)27-28-19-26(33-27)22-9-5-2-6-10-22/h1-14,19,24,29H,15-18,20H2. The Hall–Kier alpha value is -3.26. The van der Waals surface area contributed by atoms with E-state index in [-0.39, 0.29) is 10.9 Å². The van der Waals surface area contributed by atoms with E-state index in [1.54, 1.807) is 30.5 Å². The van der Waals surface area contributed by atoms with E-state index >= 15 is 0 Å². The lowest BCUT2D eigenvalue weighted by Crippen LogP contribution is -2.44. The van der Waals surface area contributed by atoms with Crippen LogP contribution in [-0.2, 0) is 16.6 Å². The minimum Gasteiger partial charge on any atom is -0.436 e. The molecule has 7 heteroatoms. The number of likely N-dealkylation sites (tertiary alicyclic amines) is 1. The summed E-state index contributed by atoms with van der Waals surface area (Å²) in [4.78, 5) is 6.97. The molecule has 0 spiro atoms. The Kier molecular flexibility index (Phi) is 6.58. The van der Waals surface area contributed by atoms with Crippen LogP contribution in [0.4, 0.5) is 0 Å². The first-order valence-corrected chi connectivity index (χ1v) is 13.0. The highest BCUT2D eigenvalue weighted by Crippen LogP contribution is 2.27. The normalized spacial score (nSPS) is 15.4. The van der Waals surface area contributed by atoms with E-state index in [1.807, 2.05) is 48.5 Å². The van der Waals surface area contributed by atoms with Crippen molar-refractivity contribution in [2.24, 2.45) is 0 Å². The molecular formula is C27H27N3O3S. The summed E-state index contributed by atoms with van der Waals surface area (Å²) in [5, 5.41) is 0. The SMILES string of the molecule is O=S(=O)(NC1CCN(Cc2ccccc2)CC1)c1ccc(-c2ncc(-c3ccccc3)o2)cc1. The lowest BCUT2D eigenvalue weighted by Gasteiger charge is -2.32. The molecule has 0 aliphatic carbocycles. The maximum atomic E-state index is 12.9. The summed E-state index contributed by atoms with van der Waals surface area (Å²) in [6.07, 6.45) is 3.27. The molecule has 5 rings (SSSR count). The van der Waals surface area contributed by atoms with Gasteiger partial charge in [-0.25, -0.2) is 18.1 Å². The first-order chi connectivity index (χ1) is 16.6. The van der Waals surface area contributed by atoms with E-state index in [4.69, 9.17) is 4.42 Å². The third-order valence-electron chi connectivity index (χ3n) is 6.13. The van der Waals surface area contributed by atoms with E-state index in [0.29, 0.717) is 11.7 Å². The van der Waals surface area contributed by atoms with Gasteiger partial charge in [-0.2, -0.15) is 0 Å². The Balaban J connectivity index is 1.19. The number of sulfonamides is 1. The van der Waals surface area contributed by atoms with Gasteiger partial charge in [-0.05, 0) is 42.7 Å². The number of aromatic nitrogens is 1. The lowest BCUT2D eigenvalue weighted by atomic mass is 10.1. The van der Waals surface area contributed by atoms with E-state index in [2.05, 4.69) is 26.7 Å². The van der Waals surface area contributed by atoms with Crippen LogP contribution in [0.5, 0.6) is 0 Å². The lowest BCUT2D eigenvalue weighted by molar-refractivity contribution is 0.200. The zero-order valence-electron chi connectivity index (χ0n) is 18.8. The zero-order valence-corrected chi connectivity index (χ0v) is 19.6. The average Bonchev–Trinajstić information content (AvgIpc) is 3.37. The summed E-state index contributed by atoms with van der Waals surface area (Å²) in [6, 6.07) is 26.7. The van der Waals surface area contributed by atoms with Gasteiger partial charge in [-0.15, -0.1) is 0 Å². The zero-order chi connectivity index (χ0) is 23.4. The quantitative estimate of drug-likeness (QED) is 0.411. The van der Waals surface area contributed by atoms with Crippen LogP contribution >= 0.6 is 0 Å². The molecule has 1 saturated heterocycles. The van der Waals surface area contributed by atoms with Gasteiger partial charge in [0.15, 0.2) is 5.76 Å². The summed E-state index contributed by atoms with van der Waals surface area (Å²) < 4.78 is 34.7. The predicted octanol–water partition coefficient (Wildman–Crippen LogP) is 4.95. The number of oxazole rings is 1. The Morgan fingerprint density at radius 2 is 1.50 bits per heavy atom. The van der Waals surface area contributed by atoms with Gasteiger partial charge in [-0.1, -0.05) is 60.7 Å². The smallest absolute Gasteiger partial charge is 0.240 e. The number of rotatable bonds is 7. The maximum Gasteiger partial charge on any atom is 0.240 e. The number of piperidine rings is 1. The summed E-state index contributed by atoms with van der Waals surface area (Å²) in [6.45, 7) is 2.64. The van der Waals surface area contributed by atoms with Crippen LogP contribution < -0.4 is 4.72 Å². The third-order valence-corrected chi connectivity index (χ3v) is 7.67. The van der Waals surface area contributed by atoms with E-state index in [0.717, 1.165) is 43.6 Å². The van der Waals surface area contributed by atoms with Gasteiger partial charge in [0.2, 0.25) is 15.9 Å². The average molecular weight is 474 g/mol. The topological polar surface area (TPSA) is 75.4 Å². The summed E-state index contributed by atoms with van der Waals surface area (Å²) >= 11 is 0. The van der Waals surface area contributed by atoms with Crippen LogP contribution in [0.1, 0.15) is 18.4 Å². The fraction of sp³-hybridized carbons (Fsp3) is 0.222. The monoisotopic (exact) mass is 473 g/mol. The van der Waals surface area contributed by atoms with Crippen molar-refractivity contribution in [2.45, 2.75) is 30.3 Å². The van der Waals surface area contributed by atoms with Gasteiger partial charge < -0.3 is 4.42 Å². The molecule has 1 aliphatic rings. The van der Waals surface area contributed by atoms with Crippen molar-refractivity contribution >= 4 is 10.0 Å². The number of hydrogen-bond acceptors (Lipinski definition) is 5. The minimum absolute atomic E-state index is 0.0585. The van der Waals surface area contributed by atoms with Crippen molar-refractivity contribution in [3.05, 3.63) is 96.7 Å². The van der Waals surface area contributed by atoms with Crippen molar-refractivity contribution in [1.29, 1.82) is 0 Å². The van der Waals surface area contributed by atoms with Crippen LogP contribution in [0.25, 0.3) is 22.8 Å². The van der Waals surface area contributed by atoms with Crippen LogP contribution in [0.3, 0.4) is 0 Å². The molecule has 3 aromatic carbocycles. The third kappa shape index (κ3) is 5.28. The second-order valence-electron chi connectivity index (χ2n) is 8.58. The molecule has 1 N–H and O–H groups in total. The summed E-state index contributed by atoms with van der Waals surface area (Å²) in [5.41, 5.74) is 2.96. The number of nitrogens with one attached hydrogen (secondary N) is 1. The molecule has 0 unspecified atom stereocenters. The fourth-order valence-corrected chi connectivity index (χ4v) is 5.56. The molecule has 2 heterocycles. The molecular weight excluding hydrogens is 446 g/mol. The Morgan fingerprint density at radius 1 is 0.853 bits per heavy atom. The van der Waals surface area contributed by atoms with Gasteiger partial charge in [0.05, 0.1) is 11.1 Å². The van der Waals surface area contributed by atoms with E-state index < -0.39 is 10.0 Å². The van der Waals surface area contributed by atoms with E-state index in [1.165, 1.54) is 5.56 Å². The summed E-state index contributed by atoms with van der Waals surface area (Å²) in [7, 11) is -3.59. The van der Waals surface area contributed by atoms with Crippen LogP contribution in [-0.4, -0.2) is 37.4 Å². The minimum atomic E-state index is -3.59. The largest absolute Gasteiger partial charge is 0.436 e. The van der Waals surface area contributed by atoms with Crippen LogP contribution in [0.15, 0.2) is 100 Å².